The maximum absolute atomic E-state index is 13.2. The van der Waals surface area contributed by atoms with Gasteiger partial charge < -0.3 is 19.3 Å². The van der Waals surface area contributed by atoms with Crippen LogP contribution >= 0.6 is 0 Å². The summed E-state index contributed by atoms with van der Waals surface area (Å²) in [7, 11) is 7.59. The molecule has 7 heteroatoms. The predicted octanol–water partition coefficient (Wildman–Crippen LogP) is 0.924. The lowest BCUT2D eigenvalue weighted by Crippen LogP contribution is -2.45. The van der Waals surface area contributed by atoms with Gasteiger partial charge in [0.1, 0.15) is 6.10 Å². The molecule has 136 valence electrons. The Morgan fingerprint density at radius 3 is 2.83 bits per heavy atom. The monoisotopic (exact) mass is 338 g/mol. The Bertz CT molecular complexity index is 518. The van der Waals surface area contributed by atoms with Gasteiger partial charge in [-0.3, -0.25) is 9.48 Å². The molecule has 0 spiro atoms. The van der Waals surface area contributed by atoms with Gasteiger partial charge in [0, 0.05) is 46.6 Å². The lowest BCUT2D eigenvalue weighted by Gasteiger charge is -2.35. The average Bonchev–Trinajstić information content (AvgIpc) is 3.00. The molecule has 0 saturated carbocycles. The van der Waals surface area contributed by atoms with E-state index in [0.29, 0.717) is 26.3 Å². The van der Waals surface area contributed by atoms with Crippen molar-refractivity contribution in [2.75, 3.05) is 54.1 Å². The number of carbonyl (C=O) groups is 1. The van der Waals surface area contributed by atoms with Crippen LogP contribution in [-0.2, 0) is 21.3 Å². The Labute approximate surface area is 144 Å². The smallest absolute Gasteiger partial charge is 0.228 e. The van der Waals surface area contributed by atoms with Crippen LogP contribution in [0.5, 0.6) is 0 Å². The van der Waals surface area contributed by atoms with Crippen molar-refractivity contribution in [2.24, 2.45) is 13.0 Å². The maximum atomic E-state index is 13.2. The maximum Gasteiger partial charge on any atom is 0.228 e. The fourth-order valence-corrected chi connectivity index (χ4v) is 3.08. The second-order valence-corrected chi connectivity index (χ2v) is 6.54. The van der Waals surface area contributed by atoms with Gasteiger partial charge in [-0.2, -0.15) is 5.10 Å². The predicted molar refractivity (Wildman–Crippen MR) is 91.6 cm³/mol. The van der Waals surface area contributed by atoms with Crippen LogP contribution in [0.25, 0.3) is 0 Å². The average molecular weight is 338 g/mol. The van der Waals surface area contributed by atoms with E-state index in [-0.39, 0.29) is 17.9 Å². The fourth-order valence-electron chi connectivity index (χ4n) is 3.08. The number of aryl methyl sites for hydroxylation is 1. The fraction of sp³-hybridized carbons (Fsp3) is 0.765. The van der Waals surface area contributed by atoms with Gasteiger partial charge in [-0.15, -0.1) is 0 Å². The highest BCUT2D eigenvalue weighted by atomic mass is 16.5. The van der Waals surface area contributed by atoms with Crippen molar-refractivity contribution >= 4 is 5.91 Å². The zero-order valence-corrected chi connectivity index (χ0v) is 15.3. The number of rotatable bonds is 8. The summed E-state index contributed by atoms with van der Waals surface area (Å²) in [4.78, 5) is 17.2. The molecule has 2 rings (SSSR count). The van der Waals surface area contributed by atoms with Crippen LogP contribution in [0.3, 0.4) is 0 Å². The number of methoxy groups -OCH3 is 1. The summed E-state index contributed by atoms with van der Waals surface area (Å²) in [6, 6.07) is 1.94. The lowest BCUT2D eigenvalue weighted by atomic mass is 9.90. The van der Waals surface area contributed by atoms with Crippen molar-refractivity contribution in [3.63, 3.8) is 0 Å². The van der Waals surface area contributed by atoms with Crippen LogP contribution in [0, 0.1) is 5.92 Å². The third-order valence-electron chi connectivity index (χ3n) is 4.48. The van der Waals surface area contributed by atoms with Gasteiger partial charge in [0.15, 0.2) is 0 Å². The van der Waals surface area contributed by atoms with E-state index < -0.39 is 0 Å². The quantitative estimate of drug-likeness (QED) is 0.706. The molecule has 0 unspecified atom stereocenters. The molecular weight excluding hydrogens is 308 g/mol. The first-order chi connectivity index (χ1) is 11.5. The van der Waals surface area contributed by atoms with Gasteiger partial charge in [0.25, 0.3) is 0 Å². The van der Waals surface area contributed by atoms with Crippen molar-refractivity contribution in [3.05, 3.63) is 18.0 Å². The lowest BCUT2D eigenvalue weighted by molar-refractivity contribution is -0.146. The summed E-state index contributed by atoms with van der Waals surface area (Å²) >= 11 is 0. The van der Waals surface area contributed by atoms with E-state index in [4.69, 9.17) is 9.47 Å². The number of carbonyl (C=O) groups excluding carboxylic acids is 1. The van der Waals surface area contributed by atoms with Crippen molar-refractivity contribution in [2.45, 2.75) is 18.9 Å². The number of likely N-dealkylation sites (N-methyl/N-ethyl adjacent to an activating group) is 1. The van der Waals surface area contributed by atoms with Gasteiger partial charge in [0.05, 0.1) is 18.2 Å². The van der Waals surface area contributed by atoms with Crippen molar-refractivity contribution in [1.82, 2.24) is 19.6 Å². The minimum Gasteiger partial charge on any atom is -0.383 e. The zero-order chi connectivity index (χ0) is 17.5. The molecule has 0 aliphatic carbocycles. The van der Waals surface area contributed by atoms with Crippen molar-refractivity contribution in [3.8, 4) is 0 Å². The van der Waals surface area contributed by atoms with Gasteiger partial charge in [-0.05, 0) is 33.0 Å². The number of nitrogens with zero attached hydrogens (tertiary/aromatic N) is 4. The van der Waals surface area contributed by atoms with Crippen LogP contribution in [-0.4, -0.2) is 79.5 Å². The van der Waals surface area contributed by atoms with Crippen LogP contribution < -0.4 is 0 Å². The van der Waals surface area contributed by atoms with Crippen molar-refractivity contribution in [1.29, 1.82) is 0 Å². The standard InChI is InChI=1S/C17H30N4O3/c1-19(2)9-10-21(11-13-23-4)17(22)14-6-5-12-24-16(14)15-7-8-18-20(15)3/h7-8,14,16H,5-6,9-13H2,1-4H3/t14-,16-/m1/s1. The zero-order valence-electron chi connectivity index (χ0n) is 15.3. The Kier molecular flexibility index (Phi) is 7.20. The second-order valence-electron chi connectivity index (χ2n) is 6.54. The molecule has 1 aliphatic heterocycles. The highest BCUT2D eigenvalue weighted by molar-refractivity contribution is 5.79. The highest BCUT2D eigenvalue weighted by Crippen LogP contribution is 2.34. The third kappa shape index (κ3) is 4.78. The third-order valence-corrected chi connectivity index (χ3v) is 4.48. The molecule has 2 heterocycles. The normalized spacial score (nSPS) is 21.2. The van der Waals surface area contributed by atoms with E-state index in [1.807, 2.05) is 32.1 Å². The largest absolute Gasteiger partial charge is 0.383 e. The molecule has 2 atom stereocenters. The SMILES string of the molecule is COCCN(CCN(C)C)C(=O)[C@@H]1CCCO[C@H]1c1ccnn1C. The summed E-state index contributed by atoms with van der Waals surface area (Å²) in [6.07, 6.45) is 3.29. The number of hydrogen-bond donors (Lipinski definition) is 0. The van der Waals surface area contributed by atoms with Gasteiger partial charge in [0.2, 0.25) is 5.91 Å². The number of aromatic nitrogens is 2. The molecule has 1 amide bonds. The molecule has 0 bridgehead atoms. The Morgan fingerprint density at radius 2 is 2.21 bits per heavy atom. The molecular formula is C17H30N4O3. The summed E-state index contributed by atoms with van der Waals surface area (Å²) < 4.78 is 13.0. The molecule has 0 radical (unpaired) electrons. The summed E-state index contributed by atoms with van der Waals surface area (Å²) in [6.45, 7) is 3.37. The Balaban J connectivity index is 2.13. The molecule has 1 fully saturated rings. The first-order valence-electron chi connectivity index (χ1n) is 8.56. The van der Waals surface area contributed by atoms with E-state index in [1.165, 1.54) is 0 Å². The molecule has 1 saturated heterocycles. The van der Waals surface area contributed by atoms with E-state index in [0.717, 1.165) is 25.1 Å². The molecule has 0 N–H and O–H groups in total. The highest BCUT2D eigenvalue weighted by Gasteiger charge is 2.36. The van der Waals surface area contributed by atoms with E-state index >= 15 is 0 Å². The van der Waals surface area contributed by atoms with Gasteiger partial charge in [-0.25, -0.2) is 0 Å². The molecule has 24 heavy (non-hydrogen) atoms. The van der Waals surface area contributed by atoms with Crippen LogP contribution in [0.4, 0.5) is 0 Å². The number of hydrogen-bond acceptors (Lipinski definition) is 5. The second kappa shape index (κ2) is 9.15. The Morgan fingerprint density at radius 1 is 1.42 bits per heavy atom. The molecule has 1 aromatic heterocycles. The van der Waals surface area contributed by atoms with E-state index in [9.17, 15) is 4.79 Å². The number of amides is 1. The van der Waals surface area contributed by atoms with Gasteiger partial charge >= 0.3 is 0 Å². The van der Waals surface area contributed by atoms with Crippen LogP contribution in [0.2, 0.25) is 0 Å². The number of ether oxygens (including phenoxy) is 2. The first kappa shape index (κ1) is 18.9. The van der Waals surface area contributed by atoms with E-state index in [2.05, 4.69) is 10.00 Å². The first-order valence-corrected chi connectivity index (χ1v) is 8.56. The topological polar surface area (TPSA) is 59.8 Å². The van der Waals surface area contributed by atoms with Crippen LogP contribution in [0.1, 0.15) is 24.6 Å². The molecule has 1 aromatic rings. The minimum atomic E-state index is -0.219. The molecule has 1 aliphatic rings. The van der Waals surface area contributed by atoms with Crippen molar-refractivity contribution < 1.29 is 14.3 Å². The van der Waals surface area contributed by atoms with Crippen LogP contribution in [0.15, 0.2) is 12.3 Å². The summed E-state index contributed by atoms with van der Waals surface area (Å²) in [5.41, 5.74) is 0.965. The summed E-state index contributed by atoms with van der Waals surface area (Å²) in [5.74, 6) is -0.00651. The summed E-state index contributed by atoms with van der Waals surface area (Å²) in [5, 5.41) is 4.22. The molecule has 7 nitrogen and oxygen atoms in total. The molecule has 0 aromatic carbocycles. The van der Waals surface area contributed by atoms with Gasteiger partial charge in [-0.1, -0.05) is 0 Å². The minimum absolute atomic E-state index is 0.153. The Hall–Kier alpha value is -1.44. The van der Waals surface area contributed by atoms with E-state index in [1.54, 1.807) is 18.0 Å².